The van der Waals surface area contributed by atoms with E-state index in [1.807, 2.05) is 17.5 Å². The summed E-state index contributed by atoms with van der Waals surface area (Å²) >= 11 is 1.45. The van der Waals surface area contributed by atoms with E-state index in [9.17, 15) is 4.79 Å². The fourth-order valence-corrected chi connectivity index (χ4v) is 3.00. The average molecular weight is 341 g/mol. The molecule has 0 aliphatic heterocycles. The lowest BCUT2D eigenvalue weighted by atomic mass is 10.3. The zero-order chi connectivity index (χ0) is 16.4. The Bertz CT molecular complexity index is 840. The van der Waals surface area contributed by atoms with Crippen molar-refractivity contribution >= 4 is 22.5 Å². The zero-order valence-electron chi connectivity index (χ0n) is 12.7. The molecular weight excluding hydrogens is 326 g/mol. The largest absolute Gasteiger partial charge is 0.332 e. The molecule has 1 aliphatic rings. The van der Waals surface area contributed by atoms with Crippen LogP contribution in [0.2, 0.25) is 0 Å². The number of nitrogens with zero attached hydrogens (tertiary/aromatic N) is 5. The summed E-state index contributed by atoms with van der Waals surface area (Å²) in [4.78, 5) is 20.4. The first-order valence-corrected chi connectivity index (χ1v) is 8.48. The van der Waals surface area contributed by atoms with Crippen molar-refractivity contribution in [2.75, 3.05) is 5.32 Å². The summed E-state index contributed by atoms with van der Waals surface area (Å²) < 4.78 is 1.62. The Morgan fingerprint density at radius 2 is 2.33 bits per heavy atom. The van der Waals surface area contributed by atoms with Gasteiger partial charge >= 0.3 is 6.03 Å². The Kier molecular flexibility index (Phi) is 3.91. The molecule has 0 atom stereocenters. The van der Waals surface area contributed by atoms with Crippen molar-refractivity contribution in [2.24, 2.45) is 0 Å². The van der Waals surface area contributed by atoms with Gasteiger partial charge in [-0.15, -0.1) is 16.4 Å². The Labute approximate surface area is 142 Å². The number of hydrogen-bond acceptors (Lipinski definition) is 6. The van der Waals surface area contributed by atoms with E-state index in [1.54, 1.807) is 23.3 Å². The highest BCUT2D eigenvalue weighted by atomic mass is 32.1. The third kappa shape index (κ3) is 3.40. The summed E-state index contributed by atoms with van der Waals surface area (Å²) in [5.74, 6) is 0.586. The van der Waals surface area contributed by atoms with E-state index < -0.39 is 0 Å². The molecule has 8 nitrogen and oxygen atoms in total. The van der Waals surface area contributed by atoms with Crippen molar-refractivity contribution in [1.82, 2.24) is 30.3 Å². The van der Waals surface area contributed by atoms with Crippen molar-refractivity contribution in [3.05, 3.63) is 47.5 Å². The van der Waals surface area contributed by atoms with E-state index in [4.69, 9.17) is 0 Å². The van der Waals surface area contributed by atoms with Gasteiger partial charge in [0.25, 0.3) is 0 Å². The zero-order valence-corrected chi connectivity index (χ0v) is 13.5. The van der Waals surface area contributed by atoms with Gasteiger partial charge < -0.3 is 5.32 Å². The Balaban J connectivity index is 1.31. The normalized spacial score (nSPS) is 13.7. The highest BCUT2D eigenvalue weighted by Gasteiger charge is 2.26. The summed E-state index contributed by atoms with van der Waals surface area (Å²) in [6.07, 6.45) is 7.54. The average Bonchev–Trinajstić information content (AvgIpc) is 3.17. The van der Waals surface area contributed by atoms with Crippen LogP contribution >= 0.6 is 11.3 Å². The predicted octanol–water partition coefficient (Wildman–Crippen LogP) is 2.32. The molecule has 1 saturated carbocycles. The van der Waals surface area contributed by atoms with E-state index in [2.05, 4.69) is 30.9 Å². The SMILES string of the molecule is O=C(NCc1cn(-c2cccnc2)nn1)Nc1nc(C2CC2)cs1. The molecule has 3 heterocycles. The van der Waals surface area contributed by atoms with Crippen LogP contribution in [-0.2, 0) is 6.54 Å². The molecular formula is C15H15N7OS. The Hall–Kier alpha value is -2.81. The topological polar surface area (TPSA) is 97.6 Å². The van der Waals surface area contributed by atoms with Gasteiger partial charge in [-0.2, -0.15) is 0 Å². The van der Waals surface area contributed by atoms with Crippen molar-refractivity contribution < 1.29 is 4.79 Å². The van der Waals surface area contributed by atoms with Gasteiger partial charge in [0.1, 0.15) is 5.69 Å². The molecule has 0 aromatic carbocycles. The molecule has 2 amide bonds. The van der Waals surface area contributed by atoms with Crippen molar-refractivity contribution in [3.63, 3.8) is 0 Å². The predicted molar refractivity (Wildman–Crippen MR) is 89.1 cm³/mol. The van der Waals surface area contributed by atoms with Crippen molar-refractivity contribution in [2.45, 2.75) is 25.3 Å². The van der Waals surface area contributed by atoms with Gasteiger partial charge in [-0.25, -0.2) is 14.5 Å². The van der Waals surface area contributed by atoms with Crippen LogP contribution in [0.3, 0.4) is 0 Å². The van der Waals surface area contributed by atoms with Gasteiger partial charge in [0.2, 0.25) is 0 Å². The van der Waals surface area contributed by atoms with Gasteiger partial charge in [-0.1, -0.05) is 5.21 Å². The van der Waals surface area contributed by atoms with Crippen LogP contribution in [0.5, 0.6) is 0 Å². The first kappa shape index (κ1) is 14.8. The van der Waals surface area contributed by atoms with Gasteiger partial charge in [0.05, 0.1) is 30.3 Å². The highest BCUT2D eigenvalue weighted by molar-refractivity contribution is 7.13. The quantitative estimate of drug-likeness (QED) is 0.742. The number of carbonyl (C=O) groups is 1. The molecule has 122 valence electrons. The third-order valence-electron chi connectivity index (χ3n) is 3.62. The second kappa shape index (κ2) is 6.36. The maximum Gasteiger partial charge on any atom is 0.321 e. The van der Waals surface area contributed by atoms with E-state index in [0.29, 0.717) is 16.7 Å². The highest BCUT2D eigenvalue weighted by Crippen LogP contribution is 2.40. The molecule has 1 aliphatic carbocycles. The second-order valence-electron chi connectivity index (χ2n) is 5.53. The molecule has 0 saturated heterocycles. The summed E-state index contributed by atoms with van der Waals surface area (Å²) in [5.41, 5.74) is 2.55. The van der Waals surface area contributed by atoms with E-state index in [0.717, 1.165) is 11.4 Å². The van der Waals surface area contributed by atoms with E-state index in [-0.39, 0.29) is 12.6 Å². The van der Waals surface area contributed by atoms with Crippen LogP contribution in [0.4, 0.5) is 9.93 Å². The molecule has 0 bridgehead atoms. The van der Waals surface area contributed by atoms with E-state index in [1.165, 1.54) is 24.2 Å². The minimum atomic E-state index is -0.303. The molecule has 2 N–H and O–H groups in total. The van der Waals surface area contributed by atoms with Crippen LogP contribution in [0.15, 0.2) is 36.1 Å². The fourth-order valence-electron chi connectivity index (χ4n) is 2.22. The molecule has 0 spiro atoms. The van der Waals surface area contributed by atoms with Crippen LogP contribution in [0, 0.1) is 0 Å². The van der Waals surface area contributed by atoms with Crippen LogP contribution < -0.4 is 10.6 Å². The Morgan fingerprint density at radius 1 is 1.42 bits per heavy atom. The van der Waals surface area contributed by atoms with Gasteiger partial charge in [0, 0.05) is 17.5 Å². The molecule has 9 heteroatoms. The number of pyridine rings is 1. The maximum absolute atomic E-state index is 11.9. The van der Waals surface area contributed by atoms with Crippen molar-refractivity contribution in [3.8, 4) is 5.69 Å². The molecule has 3 aromatic heterocycles. The first-order chi connectivity index (χ1) is 11.8. The summed E-state index contributed by atoms with van der Waals surface area (Å²) in [6.45, 7) is 0.285. The van der Waals surface area contributed by atoms with Crippen LogP contribution in [0.1, 0.15) is 30.1 Å². The molecule has 0 radical (unpaired) electrons. The number of aromatic nitrogens is 5. The number of amides is 2. The second-order valence-corrected chi connectivity index (χ2v) is 6.38. The molecule has 3 aromatic rings. The molecule has 24 heavy (non-hydrogen) atoms. The number of urea groups is 1. The molecule has 1 fully saturated rings. The number of thiazole rings is 1. The summed E-state index contributed by atoms with van der Waals surface area (Å²) in [6, 6.07) is 3.40. The standard InChI is InChI=1S/C15H15N7OS/c23-14(19-15-18-13(9-24-15)10-3-4-10)17-6-11-8-22(21-20-11)12-2-1-5-16-7-12/h1-2,5,7-10H,3-4,6H2,(H2,17,18,19,23). The summed E-state index contributed by atoms with van der Waals surface area (Å²) in [7, 11) is 0. The number of hydrogen-bond donors (Lipinski definition) is 2. The molecule has 0 unspecified atom stereocenters. The lowest BCUT2D eigenvalue weighted by Gasteiger charge is -2.02. The van der Waals surface area contributed by atoms with Gasteiger partial charge in [-0.05, 0) is 25.0 Å². The number of nitrogens with one attached hydrogen (secondary N) is 2. The van der Waals surface area contributed by atoms with Gasteiger partial charge in [0.15, 0.2) is 5.13 Å². The number of anilines is 1. The maximum atomic E-state index is 11.9. The minimum absolute atomic E-state index is 0.285. The van der Waals surface area contributed by atoms with Crippen LogP contribution in [0.25, 0.3) is 5.69 Å². The van der Waals surface area contributed by atoms with Gasteiger partial charge in [-0.3, -0.25) is 10.3 Å². The number of rotatable bonds is 5. The lowest BCUT2D eigenvalue weighted by molar-refractivity contribution is 0.251. The van der Waals surface area contributed by atoms with Crippen LogP contribution in [-0.4, -0.2) is 31.0 Å². The fraction of sp³-hybridized carbons (Fsp3) is 0.267. The molecule has 4 rings (SSSR count). The first-order valence-electron chi connectivity index (χ1n) is 7.60. The number of carbonyl (C=O) groups excluding carboxylic acids is 1. The lowest BCUT2D eigenvalue weighted by Crippen LogP contribution is -2.28. The Morgan fingerprint density at radius 3 is 3.12 bits per heavy atom. The van der Waals surface area contributed by atoms with Crippen molar-refractivity contribution in [1.29, 1.82) is 0 Å². The summed E-state index contributed by atoms with van der Waals surface area (Å²) in [5, 5.41) is 16.2. The monoisotopic (exact) mass is 341 g/mol. The third-order valence-corrected chi connectivity index (χ3v) is 4.40. The minimum Gasteiger partial charge on any atom is -0.332 e. The van der Waals surface area contributed by atoms with E-state index >= 15 is 0 Å². The smallest absolute Gasteiger partial charge is 0.321 e.